The smallest absolute Gasteiger partial charge is 0.305 e. The van der Waals surface area contributed by atoms with Crippen molar-refractivity contribution in [2.75, 3.05) is 26.3 Å². The number of carbonyl (C=O) groups excluding carboxylic acids is 3. The summed E-state index contributed by atoms with van der Waals surface area (Å²) in [6.45, 7) is 19.2. The molecular weight excluding hydrogens is 929 g/mol. The number of hydrogen-bond donors (Lipinski definition) is 1. The topological polar surface area (TPSA) is 96.4 Å². The Labute approximate surface area is 467 Å². The molecule has 0 aliphatic heterocycles. The molecule has 0 aromatic heterocycles. The molecule has 444 valence electrons. The Balaban J connectivity index is 2.97. The van der Waals surface area contributed by atoms with Gasteiger partial charge in [0.15, 0.2) is 0 Å². The monoisotopic (exact) mass is 1060 g/mol. The van der Waals surface area contributed by atoms with E-state index in [1.54, 1.807) is 0 Å². The van der Waals surface area contributed by atoms with E-state index >= 15 is 0 Å². The van der Waals surface area contributed by atoms with E-state index in [0.29, 0.717) is 62.3 Å². The standard InChI is InChI=1S/C67H130N2O6/c1-8-15-22-33-42-59(40-18-11-4)57-74-66(72)49-37-30-26-24-28-35-46-63(47-36-29-25-27-31-38-50-67(73)75-58-60(41-19-12-5)43-34-23-16-9-2)69(62(44-20-13-6)45-32-17-10-3)65(71)48-39-56-68(55-21-14-7)61-51-53-64(70)54-52-61/h59-64,70H,8-58H2,1-7H3. The van der Waals surface area contributed by atoms with Crippen LogP contribution in [0.3, 0.4) is 0 Å². The van der Waals surface area contributed by atoms with Crippen molar-refractivity contribution in [3.63, 3.8) is 0 Å². The van der Waals surface area contributed by atoms with Gasteiger partial charge in [-0.3, -0.25) is 14.4 Å². The third-order valence-electron chi connectivity index (χ3n) is 17.1. The molecule has 1 amide bonds. The molecule has 0 saturated heterocycles. The van der Waals surface area contributed by atoms with Crippen molar-refractivity contribution in [2.24, 2.45) is 11.8 Å². The maximum Gasteiger partial charge on any atom is 0.305 e. The molecule has 75 heavy (non-hydrogen) atoms. The number of hydrogen-bond acceptors (Lipinski definition) is 7. The second kappa shape index (κ2) is 51.7. The molecule has 0 spiro atoms. The van der Waals surface area contributed by atoms with Gasteiger partial charge in [-0.1, -0.05) is 228 Å². The number of unbranched alkanes of at least 4 members (excludes halogenated alkanes) is 22. The number of esters is 2. The summed E-state index contributed by atoms with van der Waals surface area (Å²) in [7, 11) is 0. The highest BCUT2D eigenvalue weighted by atomic mass is 16.5. The molecule has 8 nitrogen and oxygen atoms in total. The van der Waals surface area contributed by atoms with Crippen LogP contribution in [0.4, 0.5) is 0 Å². The number of aliphatic hydroxyl groups excluding tert-OH is 1. The van der Waals surface area contributed by atoms with E-state index in [0.717, 1.165) is 129 Å². The minimum atomic E-state index is -0.147. The van der Waals surface area contributed by atoms with Crippen LogP contribution in [-0.4, -0.2) is 83.3 Å². The van der Waals surface area contributed by atoms with Crippen molar-refractivity contribution >= 4 is 17.8 Å². The fourth-order valence-electron chi connectivity index (χ4n) is 12.1. The van der Waals surface area contributed by atoms with E-state index in [-0.39, 0.29) is 24.1 Å². The summed E-state index contributed by atoms with van der Waals surface area (Å²) in [6.07, 6.45) is 52.2. The molecule has 0 heterocycles. The van der Waals surface area contributed by atoms with Gasteiger partial charge in [-0.05, 0) is 128 Å². The van der Waals surface area contributed by atoms with Gasteiger partial charge in [0.2, 0.25) is 5.91 Å². The molecule has 1 N–H and O–H groups in total. The first-order chi connectivity index (χ1) is 36.7. The van der Waals surface area contributed by atoms with Gasteiger partial charge in [0.25, 0.3) is 0 Å². The van der Waals surface area contributed by atoms with E-state index in [1.807, 2.05) is 0 Å². The Morgan fingerprint density at radius 2 is 0.720 bits per heavy atom. The molecule has 0 radical (unpaired) electrons. The summed E-state index contributed by atoms with van der Waals surface area (Å²) < 4.78 is 11.7. The summed E-state index contributed by atoms with van der Waals surface area (Å²) >= 11 is 0. The van der Waals surface area contributed by atoms with Crippen molar-refractivity contribution in [3.05, 3.63) is 0 Å². The minimum absolute atomic E-state index is 0.00808. The van der Waals surface area contributed by atoms with E-state index in [9.17, 15) is 19.5 Å². The SMILES string of the molecule is CCCCCCC(CCCC)COC(=O)CCCCCCCCC(CCCCCCCCC(=O)OCC(CCCC)CCCCCC)N(C(=O)CCCN(CCCC)C1CCC(O)CC1)C(CCCC)CCCCC. The van der Waals surface area contributed by atoms with Crippen molar-refractivity contribution in [1.82, 2.24) is 9.80 Å². The second-order valence-corrected chi connectivity index (χ2v) is 24.1. The van der Waals surface area contributed by atoms with Crippen molar-refractivity contribution < 1.29 is 29.0 Å². The van der Waals surface area contributed by atoms with Crippen LogP contribution >= 0.6 is 0 Å². The first-order valence-corrected chi connectivity index (χ1v) is 33.7. The number of amides is 1. The molecule has 3 unspecified atom stereocenters. The highest BCUT2D eigenvalue weighted by Crippen LogP contribution is 2.29. The molecular formula is C67H130N2O6. The third kappa shape index (κ3) is 39.4. The summed E-state index contributed by atoms with van der Waals surface area (Å²) in [5.74, 6) is 1.41. The quantitative estimate of drug-likeness (QED) is 0.0479. The van der Waals surface area contributed by atoms with Crippen LogP contribution in [0.15, 0.2) is 0 Å². The predicted molar refractivity (Wildman–Crippen MR) is 321 cm³/mol. The second-order valence-electron chi connectivity index (χ2n) is 24.1. The number of nitrogens with zero attached hydrogens (tertiary/aromatic N) is 2. The van der Waals surface area contributed by atoms with Gasteiger partial charge in [-0.25, -0.2) is 0 Å². The van der Waals surface area contributed by atoms with Crippen LogP contribution in [0, 0.1) is 11.8 Å². The largest absolute Gasteiger partial charge is 0.465 e. The number of rotatable bonds is 55. The van der Waals surface area contributed by atoms with Crippen LogP contribution in [0.5, 0.6) is 0 Å². The Hall–Kier alpha value is -1.67. The lowest BCUT2D eigenvalue weighted by Gasteiger charge is -2.40. The minimum Gasteiger partial charge on any atom is -0.465 e. The van der Waals surface area contributed by atoms with E-state index in [1.165, 1.54) is 167 Å². The highest BCUT2D eigenvalue weighted by Gasteiger charge is 2.31. The van der Waals surface area contributed by atoms with Crippen LogP contribution in [0.2, 0.25) is 0 Å². The van der Waals surface area contributed by atoms with Gasteiger partial charge in [0.05, 0.1) is 19.3 Å². The fraction of sp³-hybridized carbons (Fsp3) is 0.955. The molecule has 8 heteroatoms. The van der Waals surface area contributed by atoms with Gasteiger partial charge < -0.3 is 24.4 Å². The van der Waals surface area contributed by atoms with Crippen LogP contribution in [-0.2, 0) is 23.9 Å². The lowest BCUT2D eigenvalue weighted by molar-refractivity contribution is -0.146. The molecule has 1 fully saturated rings. The number of ether oxygens (including phenoxy) is 2. The van der Waals surface area contributed by atoms with Gasteiger partial charge in [-0.15, -0.1) is 0 Å². The molecule has 1 aliphatic rings. The lowest BCUT2D eigenvalue weighted by Crippen LogP contribution is -2.48. The van der Waals surface area contributed by atoms with Crippen molar-refractivity contribution in [3.8, 4) is 0 Å². The van der Waals surface area contributed by atoms with Crippen molar-refractivity contribution in [2.45, 2.75) is 374 Å². The predicted octanol–water partition coefficient (Wildman–Crippen LogP) is 19.4. The van der Waals surface area contributed by atoms with Crippen molar-refractivity contribution in [1.29, 1.82) is 0 Å². The van der Waals surface area contributed by atoms with Crippen LogP contribution < -0.4 is 0 Å². The Morgan fingerprint density at radius 1 is 0.387 bits per heavy atom. The zero-order chi connectivity index (χ0) is 54.8. The van der Waals surface area contributed by atoms with Gasteiger partial charge in [0.1, 0.15) is 0 Å². The van der Waals surface area contributed by atoms with Gasteiger partial charge in [0, 0.05) is 37.4 Å². The molecule has 1 aliphatic carbocycles. The fourth-order valence-corrected chi connectivity index (χ4v) is 12.1. The summed E-state index contributed by atoms with van der Waals surface area (Å²) in [5, 5.41) is 10.3. The zero-order valence-corrected chi connectivity index (χ0v) is 51.4. The molecule has 3 atom stereocenters. The highest BCUT2D eigenvalue weighted by molar-refractivity contribution is 5.77. The van der Waals surface area contributed by atoms with Crippen LogP contribution in [0.1, 0.15) is 350 Å². The molecule has 0 aromatic carbocycles. The summed E-state index contributed by atoms with van der Waals surface area (Å²) in [4.78, 5) is 45.7. The van der Waals surface area contributed by atoms with E-state index < -0.39 is 0 Å². The first-order valence-electron chi connectivity index (χ1n) is 33.7. The zero-order valence-electron chi connectivity index (χ0n) is 51.4. The van der Waals surface area contributed by atoms with E-state index in [2.05, 4.69) is 58.3 Å². The normalized spacial score (nSPS) is 16.5. The Morgan fingerprint density at radius 3 is 1.17 bits per heavy atom. The Bertz CT molecular complexity index is 1220. The first kappa shape index (κ1) is 71.3. The lowest BCUT2D eigenvalue weighted by atomic mass is 9.91. The van der Waals surface area contributed by atoms with Crippen LogP contribution in [0.25, 0.3) is 0 Å². The molecule has 1 saturated carbocycles. The molecule has 1 rings (SSSR count). The average molecular weight is 1060 g/mol. The number of carbonyl (C=O) groups is 3. The summed E-state index contributed by atoms with van der Waals surface area (Å²) in [5.41, 5.74) is 0. The maximum atomic E-state index is 15.0. The maximum absolute atomic E-state index is 15.0. The Kier molecular flexibility index (Phi) is 49.2. The average Bonchev–Trinajstić information content (AvgIpc) is 3.41. The van der Waals surface area contributed by atoms with Gasteiger partial charge in [-0.2, -0.15) is 0 Å². The molecule has 0 aromatic rings. The molecule has 0 bridgehead atoms. The van der Waals surface area contributed by atoms with E-state index in [4.69, 9.17) is 9.47 Å². The van der Waals surface area contributed by atoms with Gasteiger partial charge >= 0.3 is 11.9 Å². The summed E-state index contributed by atoms with van der Waals surface area (Å²) in [6, 6.07) is 1.13. The number of aliphatic hydroxyl groups is 1. The third-order valence-corrected chi connectivity index (χ3v) is 17.1.